The van der Waals surface area contributed by atoms with Gasteiger partial charge in [0.2, 0.25) is 4.84 Å². The molecular formula is C9H9Cl2NO5. The topological polar surface area (TPSA) is 78.6 Å². The van der Waals surface area contributed by atoms with Crippen molar-refractivity contribution in [1.82, 2.24) is 5.16 Å². The summed E-state index contributed by atoms with van der Waals surface area (Å²) in [5.41, 5.74) is 0.182. The summed E-state index contributed by atoms with van der Waals surface area (Å²) in [6.45, 7) is 3.34. The number of carbonyl (C=O) groups excluding carboxylic acids is 2. The SMILES string of the molecule is CCOC(=O)c1noc(OC(=O)C(Cl)Cl)c1C. The van der Waals surface area contributed by atoms with Crippen molar-refractivity contribution in [2.75, 3.05) is 6.61 Å². The van der Waals surface area contributed by atoms with Crippen molar-refractivity contribution in [3.05, 3.63) is 11.3 Å². The number of halogens is 2. The van der Waals surface area contributed by atoms with Crippen LogP contribution in [0.5, 0.6) is 5.95 Å². The zero-order chi connectivity index (χ0) is 13.0. The first-order valence-corrected chi connectivity index (χ1v) is 5.47. The van der Waals surface area contributed by atoms with Gasteiger partial charge in [0, 0.05) is 0 Å². The van der Waals surface area contributed by atoms with E-state index in [9.17, 15) is 9.59 Å². The predicted molar refractivity (Wildman–Crippen MR) is 58.3 cm³/mol. The van der Waals surface area contributed by atoms with Gasteiger partial charge in [-0.1, -0.05) is 28.4 Å². The summed E-state index contributed by atoms with van der Waals surface area (Å²) < 4.78 is 14.1. The molecule has 1 aromatic heterocycles. The Morgan fingerprint density at radius 2 is 2.12 bits per heavy atom. The molecule has 1 heterocycles. The molecule has 0 fully saturated rings. The lowest BCUT2D eigenvalue weighted by atomic mass is 10.3. The Hall–Kier alpha value is -1.27. The summed E-state index contributed by atoms with van der Waals surface area (Å²) in [4.78, 5) is 21.1. The average molecular weight is 282 g/mol. The molecule has 6 nitrogen and oxygen atoms in total. The third-order valence-corrected chi connectivity index (χ3v) is 2.08. The summed E-state index contributed by atoms with van der Waals surface area (Å²) >= 11 is 10.6. The van der Waals surface area contributed by atoms with Gasteiger partial charge >= 0.3 is 17.9 Å². The van der Waals surface area contributed by atoms with E-state index in [4.69, 9.17) is 27.9 Å². The smallest absolute Gasteiger partial charge is 0.360 e. The minimum Gasteiger partial charge on any atom is -0.461 e. The lowest BCUT2D eigenvalue weighted by Crippen LogP contribution is -2.15. The van der Waals surface area contributed by atoms with E-state index < -0.39 is 16.8 Å². The highest BCUT2D eigenvalue weighted by Gasteiger charge is 2.24. The maximum Gasteiger partial charge on any atom is 0.360 e. The van der Waals surface area contributed by atoms with Gasteiger partial charge in [-0.25, -0.2) is 9.59 Å². The number of nitrogens with zero attached hydrogens (tertiary/aromatic N) is 1. The van der Waals surface area contributed by atoms with Gasteiger partial charge in [0.15, 0.2) is 5.69 Å². The van der Waals surface area contributed by atoms with Crippen LogP contribution in [0.3, 0.4) is 0 Å². The van der Waals surface area contributed by atoms with Gasteiger partial charge in [-0.15, -0.1) is 0 Å². The molecule has 0 unspecified atom stereocenters. The van der Waals surface area contributed by atoms with E-state index in [1.165, 1.54) is 6.92 Å². The number of hydrogen-bond acceptors (Lipinski definition) is 6. The fraction of sp³-hybridized carbons (Fsp3) is 0.444. The van der Waals surface area contributed by atoms with E-state index in [0.29, 0.717) is 0 Å². The molecule has 17 heavy (non-hydrogen) atoms. The number of hydrogen-bond donors (Lipinski definition) is 0. The fourth-order valence-electron chi connectivity index (χ4n) is 0.942. The molecule has 0 saturated heterocycles. The van der Waals surface area contributed by atoms with Crippen molar-refractivity contribution in [1.29, 1.82) is 0 Å². The van der Waals surface area contributed by atoms with E-state index in [0.717, 1.165) is 0 Å². The molecule has 0 saturated carbocycles. The molecule has 0 aliphatic heterocycles. The van der Waals surface area contributed by atoms with Crippen LogP contribution < -0.4 is 4.74 Å². The first-order valence-electron chi connectivity index (χ1n) is 4.60. The molecule has 0 amide bonds. The van der Waals surface area contributed by atoms with E-state index >= 15 is 0 Å². The van der Waals surface area contributed by atoms with Crippen molar-refractivity contribution >= 4 is 35.1 Å². The minimum atomic E-state index is -1.34. The van der Waals surface area contributed by atoms with Gasteiger partial charge in [0.1, 0.15) is 0 Å². The molecule has 0 N–H and O–H groups in total. The van der Waals surface area contributed by atoms with Gasteiger partial charge in [-0.2, -0.15) is 0 Å². The summed E-state index contributed by atoms with van der Waals surface area (Å²) in [5.74, 6) is -1.81. The van der Waals surface area contributed by atoms with E-state index in [-0.39, 0.29) is 23.8 Å². The van der Waals surface area contributed by atoms with Crippen molar-refractivity contribution in [3.63, 3.8) is 0 Å². The lowest BCUT2D eigenvalue weighted by molar-refractivity contribution is -0.133. The number of carbonyl (C=O) groups is 2. The summed E-state index contributed by atoms with van der Waals surface area (Å²) in [6, 6.07) is 0. The Balaban J connectivity index is 2.84. The van der Waals surface area contributed by atoms with Crippen LogP contribution in [0.15, 0.2) is 4.52 Å². The Bertz CT molecular complexity index is 429. The van der Waals surface area contributed by atoms with Crippen molar-refractivity contribution in [2.24, 2.45) is 0 Å². The monoisotopic (exact) mass is 281 g/mol. The maximum absolute atomic E-state index is 11.4. The van der Waals surface area contributed by atoms with Crippen LogP contribution in [0.25, 0.3) is 0 Å². The normalized spacial score (nSPS) is 10.4. The minimum absolute atomic E-state index is 0.0599. The number of aromatic nitrogens is 1. The molecule has 0 atom stereocenters. The summed E-state index contributed by atoms with van der Waals surface area (Å²) in [5, 5.41) is 3.43. The van der Waals surface area contributed by atoms with E-state index in [1.807, 2.05) is 0 Å². The zero-order valence-electron chi connectivity index (χ0n) is 9.03. The van der Waals surface area contributed by atoms with Crippen molar-refractivity contribution in [3.8, 4) is 5.95 Å². The van der Waals surface area contributed by atoms with Gasteiger partial charge < -0.3 is 14.0 Å². The molecule has 1 rings (SSSR count). The highest BCUT2D eigenvalue weighted by Crippen LogP contribution is 2.23. The number of alkyl halides is 2. The van der Waals surface area contributed by atoms with Crippen LogP contribution in [0.1, 0.15) is 23.0 Å². The molecule has 0 radical (unpaired) electrons. The van der Waals surface area contributed by atoms with E-state index in [1.54, 1.807) is 6.92 Å². The Morgan fingerprint density at radius 3 is 2.65 bits per heavy atom. The third-order valence-electron chi connectivity index (χ3n) is 1.72. The molecule has 0 bridgehead atoms. The van der Waals surface area contributed by atoms with Crippen LogP contribution in [0, 0.1) is 6.92 Å². The van der Waals surface area contributed by atoms with Crippen LogP contribution in [-0.4, -0.2) is 28.5 Å². The number of rotatable bonds is 4. The highest BCUT2D eigenvalue weighted by atomic mass is 35.5. The fourth-order valence-corrected chi connectivity index (χ4v) is 1.03. The Kier molecular flexibility index (Phi) is 4.77. The Morgan fingerprint density at radius 1 is 1.47 bits per heavy atom. The number of ether oxygens (including phenoxy) is 2. The molecular weight excluding hydrogens is 273 g/mol. The van der Waals surface area contributed by atoms with Crippen molar-refractivity contribution < 1.29 is 23.6 Å². The quantitative estimate of drug-likeness (QED) is 0.619. The largest absolute Gasteiger partial charge is 0.461 e. The van der Waals surface area contributed by atoms with Gasteiger partial charge in [0.25, 0.3) is 0 Å². The van der Waals surface area contributed by atoms with Gasteiger partial charge in [-0.3, -0.25) is 0 Å². The van der Waals surface area contributed by atoms with Crippen LogP contribution in [0.4, 0.5) is 0 Å². The molecule has 0 aromatic carbocycles. The van der Waals surface area contributed by atoms with Gasteiger partial charge in [-0.05, 0) is 13.8 Å². The highest BCUT2D eigenvalue weighted by molar-refractivity contribution is 6.53. The van der Waals surface area contributed by atoms with Crippen LogP contribution in [0.2, 0.25) is 0 Å². The maximum atomic E-state index is 11.4. The second-order valence-electron chi connectivity index (χ2n) is 2.89. The lowest BCUT2D eigenvalue weighted by Gasteiger charge is -2.00. The molecule has 1 aromatic rings. The standard InChI is InChI=1S/C9H9Cl2NO5/c1-3-15-7(13)5-4(2)9(17-12-5)16-8(14)6(10)11/h6H,3H2,1-2H3. The Labute approximate surface area is 107 Å². The summed E-state index contributed by atoms with van der Waals surface area (Å²) in [6.07, 6.45) is 0. The van der Waals surface area contributed by atoms with Gasteiger partial charge in [0.05, 0.1) is 12.2 Å². The first kappa shape index (κ1) is 13.8. The predicted octanol–water partition coefficient (Wildman–Crippen LogP) is 1.87. The first-order chi connectivity index (χ1) is 7.97. The molecule has 0 aliphatic carbocycles. The zero-order valence-corrected chi connectivity index (χ0v) is 10.5. The molecule has 94 valence electrons. The number of esters is 2. The molecule has 0 aliphatic rings. The van der Waals surface area contributed by atoms with Crippen molar-refractivity contribution in [2.45, 2.75) is 18.7 Å². The molecule has 0 spiro atoms. The van der Waals surface area contributed by atoms with Crippen LogP contribution >= 0.6 is 23.2 Å². The summed E-state index contributed by atoms with van der Waals surface area (Å²) in [7, 11) is 0. The second-order valence-corrected chi connectivity index (χ2v) is 3.98. The van der Waals surface area contributed by atoms with E-state index in [2.05, 4.69) is 14.4 Å². The second kappa shape index (κ2) is 5.88. The average Bonchev–Trinajstić information content (AvgIpc) is 2.61. The molecule has 8 heteroatoms. The third kappa shape index (κ3) is 3.34. The van der Waals surface area contributed by atoms with Crippen LogP contribution in [-0.2, 0) is 9.53 Å².